The third kappa shape index (κ3) is 1.84. The molecule has 0 saturated heterocycles. The topological polar surface area (TPSA) is 46.5 Å². The van der Waals surface area contributed by atoms with Gasteiger partial charge in [-0.1, -0.05) is 66.7 Å². The number of hydrogen-bond donors (Lipinski definition) is 1. The fourth-order valence-electron chi connectivity index (χ4n) is 2.62. The van der Waals surface area contributed by atoms with Crippen LogP contribution in [0.2, 0.25) is 0 Å². The number of carboxylic acid groups (broad SMARTS) is 1. The van der Waals surface area contributed by atoms with E-state index in [2.05, 4.69) is 0 Å². The van der Waals surface area contributed by atoms with E-state index in [0.717, 1.165) is 5.56 Å². The van der Waals surface area contributed by atoms with E-state index in [9.17, 15) is 9.90 Å². The molecule has 1 atom stereocenters. The van der Waals surface area contributed by atoms with E-state index in [1.165, 1.54) is 0 Å². The summed E-state index contributed by atoms with van der Waals surface area (Å²) in [4.78, 5) is 11.9. The molecular formula is C17H14O3. The number of rotatable bonds is 3. The lowest BCUT2D eigenvalue weighted by Gasteiger charge is -2.28. The minimum Gasteiger partial charge on any atom is -0.479 e. The van der Waals surface area contributed by atoms with Crippen molar-refractivity contribution in [1.29, 1.82) is 0 Å². The summed E-state index contributed by atoms with van der Waals surface area (Å²) < 4.78 is 5.66. The molecule has 1 aliphatic heterocycles. The SMILES string of the molecule is O=C(O)C1(c2ccccc2)OCC=C1c1ccccc1. The van der Waals surface area contributed by atoms with Gasteiger partial charge in [-0.2, -0.15) is 0 Å². The zero-order valence-electron chi connectivity index (χ0n) is 10.8. The van der Waals surface area contributed by atoms with Crippen molar-refractivity contribution in [3.8, 4) is 0 Å². The molecule has 20 heavy (non-hydrogen) atoms. The Hall–Kier alpha value is -2.39. The first-order valence-corrected chi connectivity index (χ1v) is 6.44. The van der Waals surface area contributed by atoms with Gasteiger partial charge < -0.3 is 9.84 Å². The largest absolute Gasteiger partial charge is 0.479 e. The molecule has 2 aromatic carbocycles. The molecule has 0 spiro atoms. The van der Waals surface area contributed by atoms with Crippen LogP contribution in [0, 0.1) is 0 Å². The molecule has 100 valence electrons. The van der Waals surface area contributed by atoms with Crippen molar-refractivity contribution in [3.63, 3.8) is 0 Å². The van der Waals surface area contributed by atoms with Gasteiger partial charge in [0.2, 0.25) is 5.60 Å². The van der Waals surface area contributed by atoms with Crippen LogP contribution in [0.4, 0.5) is 0 Å². The van der Waals surface area contributed by atoms with E-state index in [0.29, 0.717) is 17.7 Å². The van der Waals surface area contributed by atoms with Crippen LogP contribution in [-0.4, -0.2) is 17.7 Å². The lowest BCUT2D eigenvalue weighted by atomic mass is 9.83. The van der Waals surface area contributed by atoms with Crippen LogP contribution in [0.15, 0.2) is 66.7 Å². The van der Waals surface area contributed by atoms with Crippen LogP contribution in [-0.2, 0) is 15.1 Å². The minimum absolute atomic E-state index is 0.297. The molecule has 1 heterocycles. The molecule has 2 aromatic rings. The summed E-state index contributed by atoms with van der Waals surface area (Å²) in [7, 11) is 0. The molecule has 0 amide bonds. The summed E-state index contributed by atoms with van der Waals surface area (Å²) in [6.07, 6.45) is 1.84. The number of benzene rings is 2. The molecule has 1 unspecified atom stereocenters. The van der Waals surface area contributed by atoms with Crippen LogP contribution in [0.1, 0.15) is 11.1 Å². The predicted octanol–water partition coefficient (Wildman–Crippen LogP) is 3.08. The Morgan fingerprint density at radius 2 is 1.60 bits per heavy atom. The first kappa shape index (κ1) is 12.6. The van der Waals surface area contributed by atoms with Crippen molar-refractivity contribution in [1.82, 2.24) is 0 Å². The standard InChI is InChI=1S/C17H14O3/c18-16(19)17(14-9-5-2-6-10-14)15(11-12-20-17)13-7-3-1-4-8-13/h1-11H,12H2,(H,18,19). The summed E-state index contributed by atoms with van der Waals surface area (Å²) >= 11 is 0. The number of carbonyl (C=O) groups is 1. The first-order valence-electron chi connectivity index (χ1n) is 6.44. The number of hydrogen-bond acceptors (Lipinski definition) is 2. The monoisotopic (exact) mass is 266 g/mol. The van der Waals surface area contributed by atoms with Crippen LogP contribution in [0.3, 0.4) is 0 Å². The highest BCUT2D eigenvalue weighted by atomic mass is 16.5. The van der Waals surface area contributed by atoms with Gasteiger partial charge in [-0.25, -0.2) is 4.79 Å². The van der Waals surface area contributed by atoms with Gasteiger partial charge >= 0.3 is 5.97 Å². The molecule has 0 bridgehead atoms. The lowest BCUT2D eigenvalue weighted by molar-refractivity contribution is -0.156. The first-order chi connectivity index (χ1) is 9.75. The Kier molecular flexibility index (Phi) is 3.12. The average molecular weight is 266 g/mol. The van der Waals surface area contributed by atoms with Gasteiger partial charge in [-0.05, 0) is 11.1 Å². The lowest BCUT2D eigenvalue weighted by Crippen LogP contribution is -2.37. The highest BCUT2D eigenvalue weighted by Gasteiger charge is 2.48. The Labute approximate surface area is 117 Å². The summed E-state index contributed by atoms with van der Waals surface area (Å²) in [5.41, 5.74) is 0.788. The second-order valence-corrected chi connectivity index (χ2v) is 4.65. The quantitative estimate of drug-likeness (QED) is 0.928. The van der Waals surface area contributed by atoms with Gasteiger partial charge in [0, 0.05) is 5.57 Å². The second kappa shape index (κ2) is 4.94. The number of carboxylic acids is 1. The van der Waals surface area contributed by atoms with Gasteiger partial charge in [-0.15, -0.1) is 0 Å². The molecule has 1 N–H and O–H groups in total. The number of aliphatic carboxylic acids is 1. The molecule has 0 fully saturated rings. The maximum Gasteiger partial charge on any atom is 0.345 e. The van der Waals surface area contributed by atoms with E-state index >= 15 is 0 Å². The van der Waals surface area contributed by atoms with Crippen LogP contribution in [0.25, 0.3) is 5.57 Å². The van der Waals surface area contributed by atoms with E-state index < -0.39 is 11.6 Å². The Morgan fingerprint density at radius 1 is 1.00 bits per heavy atom. The van der Waals surface area contributed by atoms with E-state index in [-0.39, 0.29) is 0 Å². The van der Waals surface area contributed by atoms with E-state index in [4.69, 9.17) is 4.74 Å². The summed E-state index contributed by atoms with van der Waals surface area (Å²) in [5.74, 6) is -0.990. The molecule has 3 heteroatoms. The van der Waals surface area contributed by atoms with Crippen molar-refractivity contribution in [3.05, 3.63) is 77.9 Å². The maximum absolute atomic E-state index is 11.9. The summed E-state index contributed by atoms with van der Waals surface area (Å²) in [6, 6.07) is 18.6. The number of ether oxygens (including phenoxy) is 1. The zero-order chi connectivity index (χ0) is 14.0. The van der Waals surface area contributed by atoms with Crippen molar-refractivity contribution in [2.45, 2.75) is 5.60 Å². The predicted molar refractivity (Wildman–Crippen MR) is 76.1 cm³/mol. The molecule has 0 aromatic heterocycles. The zero-order valence-corrected chi connectivity index (χ0v) is 10.8. The second-order valence-electron chi connectivity index (χ2n) is 4.65. The third-order valence-electron chi connectivity index (χ3n) is 3.53. The summed E-state index contributed by atoms with van der Waals surface area (Å²) in [6.45, 7) is 0.297. The van der Waals surface area contributed by atoms with Crippen molar-refractivity contribution in [2.75, 3.05) is 6.61 Å². The van der Waals surface area contributed by atoms with Crippen molar-refractivity contribution in [2.24, 2.45) is 0 Å². The Morgan fingerprint density at radius 3 is 2.20 bits per heavy atom. The molecule has 0 radical (unpaired) electrons. The molecule has 0 aliphatic carbocycles. The third-order valence-corrected chi connectivity index (χ3v) is 3.53. The van der Waals surface area contributed by atoms with E-state index in [1.807, 2.05) is 54.6 Å². The highest BCUT2D eigenvalue weighted by Crippen LogP contribution is 2.43. The normalized spacial score (nSPS) is 21.5. The highest BCUT2D eigenvalue weighted by molar-refractivity contribution is 5.97. The van der Waals surface area contributed by atoms with Gasteiger partial charge in [0.25, 0.3) is 0 Å². The maximum atomic E-state index is 11.9. The summed E-state index contributed by atoms with van der Waals surface area (Å²) in [5, 5.41) is 9.78. The van der Waals surface area contributed by atoms with Gasteiger partial charge in [0.05, 0.1) is 6.61 Å². The molecule has 0 saturated carbocycles. The molecule has 3 rings (SSSR count). The van der Waals surface area contributed by atoms with Gasteiger partial charge in [-0.3, -0.25) is 0 Å². The Balaban J connectivity index is 2.17. The van der Waals surface area contributed by atoms with Crippen molar-refractivity contribution >= 4 is 11.5 Å². The van der Waals surface area contributed by atoms with Crippen LogP contribution in [0.5, 0.6) is 0 Å². The van der Waals surface area contributed by atoms with Gasteiger partial charge in [0.1, 0.15) is 0 Å². The fraction of sp³-hybridized carbons (Fsp3) is 0.118. The Bertz CT molecular complexity index is 646. The molecule has 1 aliphatic rings. The van der Waals surface area contributed by atoms with Crippen LogP contribution < -0.4 is 0 Å². The minimum atomic E-state index is -1.41. The molecule has 3 nitrogen and oxygen atoms in total. The molecular weight excluding hydrogens is 252 g/mol. The van der Waals surface area contributed by atoms with E-state index in [1.54, 1.807) is 12.1 Å². The average Bonchev–Trinajstić information content (AvgIpc) is 2.95. The smallest absolute Gasteiger partial charge is 0.345 e. The fourth-order valence-corrected chi connectivity index (χ4v) is 2.62. The van der Waals surface area contributed by atoms with Crippen LogP contribution >= 0.6 is 0 Å². The van der Waals surface area contributed by atoms with Crippen molar-refractivity contribution < 1.29 is 14.6 Å². The van der Waals surface area contributed by atoms with Gasteiger partial charge in [0.15, 0.2) is 0 Å².